The van der Waals surface area contributed by atoms with E-state index in [1.165, 1.54) is 32.4 Å². The lowest BCUT2D eigenvalue weighted by molar-refractivity contribution is 0.317. The lowest BCUT2D eigenvalue weighted by Gasteiger charge is -2.15. The topological polar surface area (TPSA) is 46.0 Å². The third kappa shape index (κ3) is 2.10. The predicted molar refractivity (Wildman–Crippen MR) is 60.8 cm³/mol. The molecule has 3 rings (SSSR count). The van der Waals surface area contributed by atoms with Crippen molar-refractivity contribution in [2.75, 3.05) is 13.1 Å². The predicted octanol–water partition coefficient (Wildman–Crippen LogP) is 0.141. The Morgan fingerprint density at radius 1 is 1.44 bits per heavy atom. The van der Waals surface area contributed by atoms with Gasteiger partial charge < -0.3 is 5.32 Å². The highest BCUT2D eigenvalue weighted by Gasteiger charge is 2.34. The molecule has 1 atom stereocenters. The average molecular weight is 221 g/mol. The third-order valence-corrected chi connectivity index (χ3v) is 3.66. The zero-order chi connectivity index (χ0) is 11.0. The zero-order valence-corrected chi connectivity index (χ0v) is 9.76. The summed E-state index contributed by atoms with van der Waals surface area (Å²) in [7, 11) is 1.94. The van der Waals surface area contributed by atoms with Crippen LogP contribution in [0.4, 0.5) is 0 Å². The zero-order valence-electron chi connectivity index (χ0n) is 9.76. The van der Waals surface area contributed by atoms with Crippen LogP contribution >= 0.6 is 0 Å². The standard InChI is InChI=1S/C11H19N5/c1-15-11(7-13-14-15)6-12-9-4-5-16(8-9)10-2-3-10/h7,9-10,12H,2-6,8H2,1H3. The molecule has 1 N–H and O–H groups in total. The molecule has 0 spiro atoms. The molecule has 16 heavy (non-hydrogen) atoms. The average Bonchev–Trinajstić information content (AvgIpc) is 2.89. The molecular weight excluding hydrogens is 202 g/mol. The van der Waals surface area contributed by atoms with Gasteiger partial charge in [0.05, 0.1) is 11.9 Å². The molecule has 2 heterocycles. The van der Waals surface area contributed by atoms with Crippen LogP contribution in [0.15, 0.2) is 6.20 Å². The molecular formula is C11H19N5. The van der Waals surface area contributed by atoms with Crippen LogP contribution < -0.4 is 5.32 Å². The van der Waals surface area contributed by atoms with E-state index in [4.69, 9.17) is 0 Å². The van der Waals surface area contributed by atoms with Crippen molar-refractivity contribution in [3.8, 4) is 0 Å². The Balaban J connectivity index is 1.47. The van der Waals surface area contributed by atoms with E-state index >= 15 is 0 Å². The molecule has 0 aromatic carbocycles. The van der Waals surface area contributed by atoms with Crippen molar-refractivity contribution in [2.24, 2.45) is 7.05 Å². The highest BCUT2D eigenvalue weighted by molar-refractivity contribution is 4.96. The molecule has 2 aliphatic rings. The fraction of sp³-hybridized carbons (Fsp3) is 0.818. The minimum atomic E-state index is 0.649. The summed E-state index contributed by atoms with van der Waals surface area (Å²) in [6.45, 7) is 3.37. The molecule has 1 saturated carbocycles. The van der Waals surface area contributed by atoms with Crippen LogP contribution in [0.5, 0.6) is 0 Å². The largest absolute Gasteiger partial charge is 0.307 e. The first-order valence-corrected chi connectivity index (χ1v) is 6.14. The first kappa shape index (κ1) is 10.2. The first-order chi connectivity index (χ1) is 7.83. The number of aryl methyl sites for hydroxylation is 1. The van der Waals surface area contributed by atoms with Crippen molar-refractivity contribution in [2.45, 2.75) is 37.9 Å². The molecule has 5 heteroatoms. The summed E-state index contributed by atoms with van der Waals surface area (Å²) >= 11 is 0. The Morgan fingerprint density at radius 3 is 3.00 bits per heavy atom. The van der Waals surface area contributed by atoms with Crippen molar-refractivity contribution >= 4 is 0 Å². The molecule has 2 fully saturated rings. The van der Waals surface area contributed by atoms with Crippen LogP contribution in [0, 0.1) is 0 Å². The number of likely N-dealkylation sites (tertiary alicyclic amines) is 1. The van der Waals surface area contributed by atoms with E-state index in [2.05, 4.69) is 20.5 Å². The molecule has 5 nitrogen and oxygen atoms in total. The number of rotatable bonds is 4. The van der Waals surface area contributed by atoms with E-state index in [9.17, 15) is 0 Å². The van der Waals surface area contributed by atoms with Crippen LogP contribution in [-0.2, 0) is 13.6 Å². The quantitative estimate of drug-likeness (QED) is 0.785. The molecule has 1 aromatic rings. The van der Waals surface area contributed by atoms with Crippen LogP contribution in [0.3, 0.4) is 0 Å². The second kappa shape index (κ2) is 4.14. The van der Waals surface area contributed by atoms with E-state index in [-0.39, 0.29) is 0 Å². The lowest BCUT2D eigenvalue weighted by Crippen LogP contribution is -2.33. The molecule has 1 saturated heterocycles. The summed E-state index contributed by atoms with van der Waals surface area (Å²) < 4.78 is 1.83. The molecule has 1 aliphatic heterocycles. The summed E-state index contributed by atoms with van der Waals surface area (Å²) in [5, 5.41) is 11.4. The molecule has 0 amide bonds. The van der Waals surface area contributed by atoms with Crippen molar-refractivity contribution in [3.63, 3.8) is 0 Å². The van der Waals surface area contributed by atoms with Crippen LogP contribution in [0.25, 0.3) is 0 Å². The van der Waals surface area contributed by atoms with Crippen molar-refractivity contribution in [3.05, 3.63) is 11.9 Å². The van der Waals surface area contributed by atoms with Gasteiger partial charge in [-0.3, -0.25) is 9.58 Å². The van der Waals surface area contributed by atoms with Crippen molar-refractivity contribution in [1.82, 2.24) is 25.2 Å². The summed E-state index contributed by atoms with van der Waals surface area (Å²) in [4.78, 5) is 2.62. The van der Waals surface area contributed by atoms with Gasteiger partial charge in [0.1, 0.15) is 0 Å². The smallest absolute Gasteiger partial charge is 0.0738 e. The second-order valence-electron chi connectivity index (χ2n) is 4.94. The maximum absolute atomic E-state index is 3.93. The van der Waals surface area contributed by atoms with E-state index in [1.807, 2.05) is 17.9 Å². The Bertz CT molecular complexity index is 357. The summed E-state index contributed by atoms with van der Waals surface area (Å²) in [5.74, 6) is 0. The van der Waals surface area contributed by atoms with Gasteiger partial charge in [0.15, 0.2) is 0 Å². The summed E-state index contributed by atoms with van der Waals surface area (Å²) in [6.07, 6.45) is 5.94. The molecule has 1 unspecified atom stereocenters. The normalized spacial score (nSPS) is 26.4. The maximum Gasteiger partial charge on any atom is 0.0738 e. The van der Waals surface area contributed by atoms with E-state index in [0.29, 0.717) is 6.04 Å². The van der Waals surface area contributed by atoms with Gasteiger partial charge in [-0.25, -0.2) is 0 Å². The fourth-order valence-corrected chi connectivity index (χ4v) is 2.45. The van der Waals surface area contributed by atoms with Gasteiger partial charge in [-0.05, 0) is 19.3 Å². The SMILES string of the molecule is Cn1nncc1CNC1CCN(C2CC2)C1. The highest BCUT2D eigenvalue weighted by Crippen LogP contribution is 2.29. The van der Waals surface area contributed by atoms with Gasteiger partial charge in [0, 0.05) is 38.8 Å². The molecule has 1 aromatic heterocycles. The molecule has 0 bridgehead atoms. The Morgan fingerprint density at radius 2 is 2.31 bits per heavy atom. The summed E-state index contributed by atoms with van der Waals surface area (Å²) in [6, 6.07) is 1.56. The number of nitrogens with zero attached hydrogens (tertiary/aromatic N) is 4. The van der Waals surface area contributed by atoms with E-state index in [0.717, 1.165) is 18.3 Å². The third-order valence-electron chi connectivity index (χ3n) is 3.66. The van der Waals surface area contributed by atoms with Crippen molar-refractivity contribution < 1.29 is 0 Å². The van der Waals surface area contributed by atoms with Gasteiger partial charge in [-0.2, -0.15) is 0 Å². The first-order valence-electron chi connectivity index (χ1n) is 6.14. The van der Waals surface area contributed by atoms with E-state index < -0.39 is 0 Å². The van der Waals surface area contributed by atoms with Gasteiger partial charge in [-0.1, -0.05) is 5.21 Å². The molecule has 1 aliphatic carbocycles. The van der Waals surface area contributed by atoms with Crippen LogP contribution in [0.2, 0.25) is 0 Å². The monoisotopic (exact) mass is 221 g/mol. The number of aromatic nitrogens is 3. The maximum atomic E-state index is 3.93. The molecule has 0 radical (unpaired) electrons. The Labute approximate surface area is 95.8 Å². The minimum absolute atomic E-state index is 0.649. The van der Waals surface area contributed by atoms with Gasteiger partial charge in [0.2, 0.25) is 0 Å². The lowest BCUT2D eigenvalue weighted by atomic mass is 10.2. The highest BCUT2D eigenvalue weighted by atomic mass is 15.4. The number of hydrogen-bond donors (Lipinski definition) is 1. The minimum Gasteiger partial charge on any atom is -0.307 e. The van der Waals surface area contributed by atoms with Crippen LogP contribution in [-0.4, -0.2) is 45.1 Å². The van der Waals surface area contributed by atoms with Gasteiger partial charge >= 0.3 is 0 Å². The molecule has 88 valence electrons. The van der Waals surface area contributed by atoms with Crippen LogP contribution in [0.1, 0.15) is 25.0 Å². The fourth-order valence-electron chi connectivity index (χ4n) is 2.45. The van der Waals surface area contributed by atoms with E-state index in [1.54, 1.807) is 0 Å². The number of nitrogens with one attached hydrogen (secondary N) is 1. The summed E-state index contributed by atoms with van der Waals surface area (Å²) in [5.41, 5.74) is 1.16. The number of hydrogen-bond acceptors (Lipinski definition) is 4. The van der Waals surface area contributed by atoms with Gasteiger partial charge in [-0.15, -0.1) is 5.10 Å². The second-order valence-corrected chi connectivity index (χ2v) is 4.94. The van der Waals surface area contributed by atoms with Gasteiger partial charge in [0.25, 0.3) is 0 Å². The Hall–Kier alpha value is -0.940. The van der Waals surface area contributed by atoms with Crippen molar-refractivity contribution in [1.29, 1.82) is 0 Å². The Kier molecular flexibility index (Phi) is 2.65.